The number of amides is 1. The van der Waals surface area contributed by atoms with Crippen LogP contribution in [0.5, 0.6) is 0 Å². The Morgan fingerprint density at radius 2 is 1.84 bits per heavy atom. The molecule has 0 saturated heterocycles. The van der Waals surface area contributed by atoms with Crippen molar-refractivity contribution >= 4 is 5.91 Å². The molecule has 0 aliphatic heterocycles. The van der Waals surface area contributed by atoms with Gasteiger partial charge in [-0.2, -0.15) is 10.4 Å². The summed E-state index contributed by atoms with van der Waals surface area (Å²) in [6, 6.07) is 22.8. The first-order valence-corrected chi connectivity index (χ1v) is 10.1. The Hall–Kier alpha value is -4.31. The van der Waals surface area contributed by atoms with E-state index in [1.165, 1.54) is 12.1 Å². The third-order valence-electron chi connectivity index (χ3n) is 4.95. The SMILES string of the molecule is N#CCCN(Cc1cccnc1)C(=O)c1cc(-c2ccc(F)cc2)nn1-c1ccccc1. The largest absolute Gasteiger partial charge is 0.332 e. The summed E-state index contributed by atoms with van der Waals surface area (Å²) in [5, 5.41) is 13.7. The molecule has 2 aromatic carbocycles. The van der Waals surface area contributed by atoms with Gasteiger partial charge in [-0.05, 0) is 54.1 Å². The highest BCUT2D eigenvalue weighted by Crippen LogP contribution is 2.24. The lowest BCUT2D eigenvalue weighted by atomic mass is 10.1. The second-order valence-corrected chi connectivity index (χ2v) is 7.17. The molecule has 7 heteroatoms. The summed E-state index contributed by atoms with van der Waals surface area (Å²) < 4.78 is 15.0. The molecule has 0 N–H and O–H groups in total. The fraction of sp³-hybridized carbons (Fsp3) is 0.120. The molecule has 0 atom stereocenters. The number of benzene rings is 2. The maximum Gasteiger partial charge on any atom is 0.272 e. The number of pyridine rings is 1. The molecule has 4 aromatic rings. The summed E-state index contributed by atoms with van der Waals surface area (Å²) in [5.41, 5.74) is 3.20. The average Bonchev–Trinajstić information content (AvgIpc) is 3.28. The van der Waals surface area contributed by atoms with Gasteiger partial charge in [0.1, 0.15) is 11.5 Å². The van der Waals surface area contributed by atoms with Crippen LogP contribution in [-0.2, 0) is 6.54 Å². The molecule has 32 heavy (non-hydrogen) atoms. The van der Waals surface area contributed by atoms with Crippen LogP contribution in [-0.4, -0.2) is 32.1 Å². The van der Waals surface area contributed by atoms with E-state index in [2.05, 4.69) is 16.2 Å². The first kappa shape index (κ1) is 20.9. The van der Waals surface area contributed by atoms with Crippen LogP contribution in [0.3, 0.4) is 0 Å². The Kier molecular flexibility index (Phi) is 6.33. The number of carbonyl (C=O) groups excluding carboxylic acids is 1. The zero-order chi connectivity index (χ0) is 22.3. The van der Waals surface area contributed by atoms with Crippen LogP contribution in [0.15, 0.2) is 85.2 Å². The van der Waals surface area contributed by atoms with E-state index in [-0.39, 0.29) is 24.7 Å². The van der Waals surface area contributed by atoms with Crippen LogP contribution in [0.4, 0.5) is 4.39 Å². The number of carbonyl (C=O) groups is 1. The standard InChI is InChI=1S/C25H20FN5O/c26-21-11-9-20(10-12-21)23-16-24(31(29-23)22-7-2-1-3-8-22)25(32)30(15-5-13-27)18-19-6-4-14-28-17-19/h1-4,6-12,14,16-17H,5,15,18H2. The van der Waals surface area contributed by atoms with Gasteiger partial charge < -0.3 is 4.90 Å². The Labute approximate surface area is 185 Å². The highest BCUT2D eigenvalue weighted by Gasteiger charge is 2.23. The predicted octanol–water partition coefficient (Wildman–Crippen LogP) is 4.63. The van der Waals surface area contributed by atoms with E-state index < -0.39 is 0 Å². The molecule has 0 aliphatic rings. The van der Waals surface area contributed by atoms with Crippen molar-refractivity contribution in [2.45, 2.75) is 13.0 Å². The van der Waals surface area contributed by atoms with Crippen LogP contribution in [0.2, 0.25) is 0 Å². The lowest BCUT2D eigenvalue weighted by Gasteiger charge is -2.22. The molecule has 0 fully saturated rings. The van der Waals surface area contributed by atoms with Gasteiger partial charge in [-0.3, -0.25) is 9.78 Å². The van der Waals surface area contributed by atoms with Crippen LogP contribution in [0.25, 0.3) is 16.9 Å². The molecule has 0 bridgehead atoms. The number of hydrogen-bond donors (Lipinski definition) is 0. The zero-order valence-corrected chi connectivity index (χ0v) is 17.2. The fourth-order valence-corrected chi connectivity index (χ4v) is 3.37. The smallest absolute Gasteiger partial charge is 0.272 e. The van der Waals surface area contributed by atoms with Gasteiger partial charge in [-0.1, -0.05) is 24.3 Å². The minimum atomic E-state index is -0.341. The van der Waals surface area contributed by atoms with Gasteiger partial charge in [-0.25, -0.2) is 9.07 Å². The Morgan fingerprint density at radius 1 is 1.06 bits per heavy atom. The molecule has 0 saturated carbocycles. The van der Waals surface area contributed by atoms with Crippen molar-refractivity contribution < 1.29 is 9.18 Å². The highest BCUT2D eigenvalue weighted by molar-refractivity contribution is 5.94. The van der Waals surface area contributed by atoms with Crippen molar-refractivity contribution in [3.05, 3.63) is 102 Å². The summed E-state index contributed by atoms with van der Waals surface area (Å²) >= 11 is 0. The molecular formula is C25H20FN5O. The maximum absolute atomic E-state index is 13.6. The number of nitriles is 1. The van der Waals surface area contributed by atoms with Crippen molar-refractivity contribution in [2.24, 2.45) is 0 Å². The number of para-hydroxylation sites is 1. The molecular weight excluding hydrogens is 405 g/mol. The van der Waals surface area contributed by atoms with Crippen molar-refractivity contribution in [1.82, 2.24) is 19.7 Å². The monoisotopic (exact) mass is 425 g/mol. The van der Waals surface area contributed by atoms with Gasteiger partial charge in [0.15, 0.2) is 0 Å². The van der Waals surface area contributed by atoms with Crippen LogP contribution < -0.4 is 0 Å². The normalized spacial score (nSPS) is 10.5. The van der Waals surface area contributed by atoms with Gasteiger partial charge in [0.2, 0.25) is 0 Å². The number of hydrogen-bond acceptors (Lipinski definition) is 4. The molecule has 2 heterocycles. The van der Waals surface area contributed by atoms with Crippen molar-refractivity contribution in [3.8, 4) is 23.0 Å². The maximum atomic E-state index is 13.6. The Bertz CT molecular complexity index is 1230. The fourth-order valence-electron chi connectivity index (χ4n) is 3.37. The van der Waals surface area contributed by atoms with Crippen molar-refractivity contribution in [3.63, 3.8) is 0 Å². The lowest BCUT2D eigenvalue weighted by Crippen LogP contribution is -2.33. The van der Waals surface area contributed by atoms with E-state index in [4.69, 9.17) is 5.26 Å². The van der Waals surface area contributed by atoms with Crippen LogP contribution in [0, 0.1) is 17.1 Å². The Morgan fingerprint density at radius 3 is 2.53 bits per heavy atom. The van der Waals surface area contributed by atoms with Crippen molar-refractivity contribution in [2.75, 3.05) is 6.54 Å². The lowest BCUT2D eigenvalue weighted by molar-refractivity contribution is 0.0737. The summed E-state index contributed by atoms with van der Waals surface area (Å²) in [7, 11) is 0. The first-order valence-electron chi connectivity index (χ1n) is 10.1. The van der Waals surface area contributed by atoms with E-state index >= 15 is 0 Å². The number of rotatable bonds is 7. The number of nitrogens with zero attached hydrogens (tertiary/aromatic N) is 5. The van der Waals surface area contributed by atoms with Gasteiger partial charge in [-0.15, -0.1) is 0 Å². The molecule has 0 unspecified atom stereocenters. The van der Waals surface area contributed by atoms with Crippen LogP contribution >= 0.6 is 0 Å². The zero-order valence-electron chi connectivity index (χ0n) is 17.2. The minimum absolute atomic E-state index is 0.205. The third kappa shape index (κ3) is 4.71. The molecule has 0 radical (unpaired) electrons. The minimum Gasteiger partial charge on any atom is -0.332 e. The van der Waals surface area contributed by atoms with Gasteiger partial charge in [0, 0.05) is 31.0 Å². The van der Waals surface area contributed by atoms with E-state index in [9.17, 15) is 9.18 Å². The predicted molar refractivity (Wildman–Crippen MR) is 118 cm³/mol. The average molecular weight is 425 g/mol. The van der Waals surface area contributed by atoms with Gasteiger partial charge in [0.25, 0.3) is 5.91 Å². The summed E-state index contributed by atoms with van der Waals surface area (Å²) in [4.78, 5) is 19.4. The second-order valence-electron chi connectivity index (χ2n) is 7.17. The molecule has 6 nitrogen and oxygen atoms in total. The molecule has 1 amide bonds. The van der Waals surface area contributed by atoms with E-state index in [0.717, 1.165) is 11.3 Å². The number of halogens is 1. The quantitative estimate of drug-likeness (QED) is 0.433. The highest BCUT2D eigenvalue weighted by atomic mass is 19.1. The third-order valence-corrected chi connectivity index (χ3v) is 4.95. The van der Waals surface area contributed by atoms with Gasteiger partial charge in [0.05, 0.1) is 23.9 Å². The topological polar surface area (TPSA) is 74.8 Å². The summed E-state index contributed by atoms with van der Waals surface area (Å²) in [5.74, 6) is -0.597. The van der Waals surface area contributed by atoms with Crippen molar-refractivity contribution in [1.29, 1.82) is 5.26 Å². The first-order chi connectivity index (χ1) is 15.7. The molecule has 158 valence electrons. The van der Waals surface area contributed by atoms with Crippen LogP contribution in [0.1, 0.15) is 22.5 Å². The molecule has 2 aromatic heterocycles. The summed E-state index contributed by atoms with van der Waals surface area (Å²) in [6.07, 6.45) is 3.58. The Balaban J connectivity index is 1.75. The summed E-state index contributed by atoms with van der Waals surface area (Å²) in [6.45, 7) is 0.594. The molecule has 4 rings (SSSR count). The van der Waals surface area contributed by atoms with E-state index in [1.807, 2.05) is 42.5 Å². The van der Waals surface area contributed by atoms with E-state index in [0.29, 0.717) is 23.5 Å². The molecule has 0 aliphatic carbocycles. The second kappa shape index (κ2) is 9.67. The van der Waals surface area contributed by atoms with E-state index in [1.54, 1.807) is 40.2 Å². The van der Waals surface area contributed by atoms with Gasteiger partial charge >= 0.3 is 0 Å². The molecule has 0 spiro atoms. The number of aromatic nitrogens is 3.